The second-order valence-corrected chi connectivity index (χ2v) is 8.04. The molecular formula is C21H23ClFIN4O2S. The average Bonchev–Trinajstić information content (AvgIpc) is 3.17. The summed E-state index contributed by atoms with van der Waals surface area (Å²) in [7, 11) is 0. The highest BCUT2D eigenvalue weighted by Crippen LogP contribution is 2.26. The Morgan fingerprint density at radius 1 is 1.26 bits per heavy atom. The molecule has 1 unspecified atom stereocenters. The normalized spacial score (nSPS) is 12.1. The van der Waals surface area contributed by atoms with E-state index >= 15 is 0 Å². The largest absolute Gasteiger partial charge is 0.439 e. The standard InChI is InChI=1S/C21H22ClFN4O2S.HI/c1-2-24-21(27-13-17(28)18-7-8-19(22)30-18)26-12-14-6-9-20(25-11-14)29-16-5-3-4-15(23)10-16;/h3-11,17,28H,2,12-13H2,1H3,(H2,24,26,27);1H. The molecule has 2 heterocycles. The van der Waals surface area contributed by atoms with Gasteiger partial charge in [-0.15, -0.1) is 35.3 Å². The van der Waals surface area contributed by atoms with Crippen LogP contribution >= 0.6 is 46.9 Å². The molecule has 1 aromatic carbocycles. The third-order valence-corrected chi connectivity index (χ3v) is 5.30. The van der Waals surface area contributed by atoms with E-state index in [-0.39, 0.29) is 29.8 Å². The summed E-state index contributed by atoms with van der Waals surface area (Å²) in [6.07, 6.45) is 0.983. The highest BCUT2D eigenvalue weighted by atomic mass is 127. The van der Waals surface area contributed by atoms with Gasteiger partial charge in [0.2, 0.25) is 5.88 Å². The number of ether oxygens (including phenoxy) is 1. The molecule has 0 aliphatic rings. The molecule has 1 atom stereocenters. The van der Waals surface area contributed by atoms with Crippen molar-refractivity contribution in [2.45, 2.75) is 19.6 Å². The Hall–Kier alpha value is -1.95. The number of aromatic nitrogens is 1. The van der Waals surface area contributed by atoms with Crippen LogP contribution in [0.5, 0.6) is 11.6 Å². The zero-order chi connectivity index (χ0) is 21.3. The van der Waals surface area contributed by atoms with Crippen LogP contribution in [0.4, 0.5) is 4.39 Å². The van der Waals surface area contributed by atoms with E-state index in [1.807, 2.05) is 19.1 Å². The lowest BCUT2D eigenvalue weighted by atomic mass is 10.3. The smallest absolute Gasteiger partial charge is 0.219 e. The van der Waals surface area contributed by atoms with Gasteiger partial charge in [-0.2, -0.15) is 0 Å². The number of pyridine rings is 1. The molecule has 0 saturated heterocycles. The number of aliphatic hydroxyl groups is 1. The topological polar surface area (TPSA) is 78.8 Å². The third-order valence-electron chi connectivity index (χ3n) is 3.97. The van der Waals surface area contributed by atoms with Crippen LogP contribution in [0.25, 0.3) is 0 Å². The second kappa shape index (κ2) is 12.8. The first kappa shape index (κ1) is 25.3. The summed E-state index contributed by atoms with van der Waals surface area (Å²) >= 11 is 7.27. The van der Waals surface area contributed by atoms with E-state index < -0.39 is 6.10 Å². The zero-order valence-corrected chi connectivity index (χ0v) is 20.6. The molecule has 10 heteroatoms. The van der Waals surface area contributed by atoms with Gasteiger partial charge < -0.3 is 20.5 Å². The zero-order valence-electron chi connectivity index (χ0n) is 16.7. The number of nitrogens with zero attached hydrogens (tertiary/aromatic N) is 2. The van der Waals surface area contributed by atoms with E-state index in [1.165, 1.54) is 23.5 Å². The number of aliphatic imine (C=N–C) groups is 1. The van der Waals surface area contributed by atoms with E-state index in [9.17, 15) is 9.50 Å². The Kier molecular flexibility index (Phi) is 10.4. The van der Waals surface area contributed by atoms with Crippen LogP contribution in [0.3, 0.4) is 0 Å². The summed E-state index contributed by atoms with van der Waals surface area (Å²) in [4.78, 5) is 9.54. The van der Waals surface area contributed by atoms with E-state index in [0.717, 1.165) is 10.4 Å². The van der Waals surface area contributed by atoms with Gasteiger partial charge in [-0.05, 0) is 36.8 Å². The van der Waals surface area contributed by atoms with Crippen molar-refractivity contribution in [2.75, 3.05) is 13.1 Å². The molecular weight excluding hydrogens is 554 g/mol. The minimum absolute atomic E-state index is 0. The highest BCUT2D eigenvalue weighted by molar-refractivity contribution is 14.0. The predicted octanol–water partition coefficient (Wildman–Crippen LogP) is 5.13. The van der Waals surface area contributed by atoms with E-state index in [2.05, 4.69) is 20.6 Å². The van der Waals surface area contributed by atoms with Crippen LogP contribution < -0.4 is 15.4 Å². The van der Waals surface area contributed by atoms with Crippen molar-refractivity contribution < 1.29 is 14.2 Å². The van der Waals surface area contributed by atoms with Gasteiger partial charge in [-0.3, -0.25) is 0 Å². The van der Waals surface area contributed by atoms with Crippen LogP contribution in [0, 0.1) is 5.82 Å². The Morgan fingerprint density at radius 3 is 2.74 bits per heavy atom. The number of nitrogens with one attached hydrogen (secondary N) is 2. The summed E-state index contributed by atoms with van der Waals surface area (Å²) in [6.45, 7) is 3.35. The average molecular weight is 577 g/mol. The van der Waals surface area contributed by atoms with Gasteiger partial charge in [0.05, 0.1) is 10.9 Å². The number of benzene rings is 1. The van der Waals surface area contributed by atoms with Crippen molar-refractivity contribution in [3.8, 4) is 11.6 Å². The number of aliphatic hydroxyl groups excluding tert-OH is 1. The fourth-order valence-electron chi connectivity index (χ4n) is 2.53. The number of guanidine groups is 1. The van der Waals surface area contributed by atoms with Gasteiger partial charge in [-0.1, -0.05) is 23.7 Å². The summed E-state index contributed by atoms with van der Waals surface area (Å²) in [5.74, 6) is 0.974. The molecule has 0 radical (unpaired) electrons. The Morgan fingerprint density at radius 2 is 2.10 bits per heavy atom. The lowest BCUT2D eigenvalue weighted by Crippen LogP contribution is -2.39. The molecule has 0 aliphatic carbocycles. The summed E-state index contributed by atoms with van der Waals surface area (Å²) in [5.41, 5.74) is 0.879. The SMILES string of the molecule is CCNC(=NCc1ccc(Oc2cccc(F)c2)nc1)NCC(O)c1ccc(Cl)s1.I. The Balaban J connectivity index is 0.00000341. The molecule has 3 rings (SSSR count). The molecule has 3 N–H and O–H groups in total. The number of rotatable bonds is 8. The quantitative estimate of drug-likeness (QED) is 0.197. The van der Waals surface area contributed by atoms with Crippen LogP contribution in [-0.2, 0) is 6.54 Å². The van der Waals surface area contributed by atoms with Crippen molar-refractivity contribution in [2.24, 2.45) is 4.99 Å². The van der Waals surface area contributed by atoms with Crippen molar-refractivity contribution in [3.05, 3.63) is 75.3 Å². The molecule has 0 bridgehead atoms. The third kappa shape index (κ3) is 8.24. The minimum atomic E-state index is -0.674. The first-order chi connectivity index (χ1) is 14.5. The van der Waals surface area contributed by atoms with Gasteiger partial charge in [-0.25, -0.2) is 14.4 Å². The highest BCUT2D eigenvalue weighted by Gasteiger charge is 2.11. The molecule has 0 amide bonds. The Labute approximate surface area is 206 Å². The molecule has 6 nitrogen and oxygen atoms in total. The van der Waals surface area contributed by atoms with Gasteiger partial charge in [0.25, 0.3) is 0 Å². The van der Waals surface area contributed by atoms with E-state index in [4.69, 9.17) is 16.3 Å². The minimum Gasteiger partial charge on any atom is -0.439 e. The van der Waals surface area contributed by atoms with E-state index in [0.29, 0.717) is 41.6 Å². The molecule has 3 aromatic rings. The second-order valence-electron chi connectivity index (χ2n) is 6.30. The molecule has 31 heavy (non-hydrogen) atoms. The molecule has 2 aromatic heterocycles. The fourth-order valence-corrected chi connectivity index (χ4v) is 3.58. The van der Waals surface area contributed by atoms with Crippen LogP contribution in [-0.4, -0.2) is 29.1 Å². The maximum Gasteiger partial charge on any atom is 0.219 e. The molecule has 0 spiro atoms. The van der Waals surface area contributed by atoms with Gasteiger partial charge in [0.1, 0.15) is 17.7 Å². The van der Waals surface area contributed by atoms with Gasteiger partial charge >= 0.3 is 0 Å². The summed E-state index contributed by atoms with van der Waals surface area (Å²) in [6, 6.07) is 13.0. The van der Waals surface area contributed by atoms with Gasteiger partial charge in [0.15, 0.2) is 5.96 Å². The first-order valence-corrected chi connectivity index (χ1v) is 10.6. The van der Waals surface area contributed by atoms with Gasteiger partial charge in [0, 0.05) is 36.3 Å². The van der Waals surface area contributed by atoms with E-state index in [1.54, 1.807) is 30.5 Å². The van der Waals surface area contributed by atoms with Crippen molar-refractivity contribution in [3.63, 3.8) is 0 Å². The maximum atomic E-state index is 13.2. The summed E-state index contributed by atoms with van der Waals surface area (Å²) in [5, 5.41) is 16.5. The number of hydrogen-bond donors (Lipinski definition) is 3. The lowest BCUT2D eigenvalue weighted by Gasteiger charge is -2.14. The number of hydrogen-bond acceptors (Lipinski definition) is 5. The molecule has 0 aliphatic heterocycles. The molecule has 166 valence electrons. The lowest BCUT2D eigenvalue weighted by molar-refractivity contribution is 0.184. The number of thiophene rings is 1. The Bertz CT molecular complexity index is 988. The molecule has 0 saturated carbocycles. The van der Waals surface area contributed by atoms with Crippen LogP contribution in [0.15, 0.2) is 59.7 Å². The van der Waals surface area contributed by atoms with Crippen molar-refractivity contribution in [1.82, 2.24) is 15.6 Å². The first-order valence-electron chi connectivity index (χ1n) is 9.37. The monoisotopic (exact) mass is 576 g/mol. The van der Waals surface area contributed by atoms with Crippen molar-refractivity contribution in [1.29, 1.82) is 0 Å². The van der Waals surface area contributed by atoms with Crippen LogP contribution in [0.1, 0.15) is 23.5 Å². The van der Waals surface area contributed by atoms with Crippen LogP contribution in [0.2, 0.25) is 4.34 Å². The maximum absolute atomic E-state index is 13.2. The molecule has 0 fully saturated rings. The fraction of sp³-hybridized carbons (Fsp3) is 0.238. The van der Waals surface area contributed by atoms with Crippen molar-refractivity contribution >= 4 is 52.9 Å². The summed E-state index contributed by atoms with van der Waals surface area (Å²) < 4.78 is 19.4. The predicted molar refractivity (Wildman–Crippen MR) is 133 cm³/mol. The number of halogens is 3.